The van der Waals surface area contributed by atoms with E-state index in [0.29, 0.717) is 13.1 Å². The zero-order valence-electron chi connectivity index (χ0n) is 13.7. The summed E-state index contributed by atoms with van der Waals surface area (Å²) in [5.41, 5.74) is 2.05. The summed E-state index contributed by atoms with van der Waals surface area (Å²) in [7, 11) is 1.84. The predicted octanol–water partition coefficient (Wildman–Crippen LogP) is 2.28. The molecular weight excluding hydrogens is 288 g/mol. The highest BCUT2D eigenvalue weighted by Gasteiger charge is 2.46. The molecule has 1 saturated carbocycles. The van der Waals surface area contributed by atoms with Crippen molar-refractivity contribution in [3.63, 3.8) is 0 Å². The van der Waals surface area contributed by atoms with E-state index in [0.717, 1.165) is 29.4 Å². The molecule has 1 atom stereocenters. The van der Waals surface area contributed by atoms with Crippen molar-refractivity contribution in [2.45, 2.75) is 38.3 Å². The number of aliphatic hydroxyl groups is 1. The minimum atomic E-state index is -0.241. The molecule has 1 unspecified atom stereocenters. The quantitative estimate of drug-likeness (QED) is 0.925. The van der Waals surface area contributed by atoms with E-state index in [-0.39, 0.29) is 17.1 Å². The van der Waals surface area contributed by atoms with E-state index < -0.39 is 0 Å². The van der Waals surface area contributed by atoms with E-state index >= 15 is 0 Å². The summed E-state index contributed by atoms with van der Waals surface area (Å²) in [6.07, 6.45) is 4.40. The number of rotatable bonds is 2. The van der Waals surface area contributed by atoms with Crippen molar-refractivity contribution in [1.82, 2.24) is 9.47 Å². The Morgan fingerprint density at radius 3 is 2.74 bits per heavy atom. The Balaban J connectivity index is 1.59. The van der Waals surface area contributed by atoms with Gasteiger partial charge in [0.25, 0.3) is 5.56 Å². The lowest BCUT2D eigenvalue weighted by molar-refractivity contribution is -0.0919. The van der Waals surface area contributed by atoms with Gasteiger partial charge in [0, 0.05) is 25.7 Å². The number of aliphatic hydroxyl groups excluding tert-OH is 1. The standard InChI is InChI=1S/C19H24N2O2/c1-20-16-6-3-2-5-14(16)11-15(18(20)23)12-21-10-9-19(7-4-8-19)17(22)13-21/h2-3,5-6,11,17,22H,4,7-10,12-13H2,1H3. The van der Waals surface area contributed by atoms with Crippen molar-refractivity contribution < 1.29 is 5.11 Å². The zero-order valence-corrected chi connectivity index (χ0v) is 13.7. The third kappa shape index (κ3) is 2.41. The van der Waals surface area contributed by atoms with E-state index in [1.165, 1.54) is 19.3 Å². The van der Waals surface area contributed by atoms with Crippen molar-refractivity contribution >= 4 is 10.9 Å². The molecule has 1 N–H and O–H groups in total. The van der Waals surface area contributed by atoms with Crippen molar-refractivity contribution in [2.24, 2.45) is 12.5 Å². The predicted molar refractivity (Wildman–Crippen MR) is 91.4 cm³/mol. The van der Waals surface area contributed by atoms with Gasteiger partial charge in [0.15, 0.2) is 0 Å². The van der Waals surface area contributed by atoms with Crippen molar-refractivity contribution in [1.29, 1.82) is 0 Å². The number of piperidine rings is 1. The van der Waals surface area contributed by atoms with Gasteiger partial charge in [-0.1, -0.05) is 24.6 Å². The summed E-state index contributed by atoms with van der Waals surface area (Å²) in [5, 5.41) is 11.6. The molecule has 1 saturated heterocycles. The zero-order chi connectivity index (χ0) is 16.0. The fourth-order valence-electron chi connectivity index (χ4n) is 4.28. The second-order valence-corrected chi connectivity index (χ2v) is 7.31. The van der Waals surface area contributed by atoms with Gasteiger partial charge in [-0.2, -0.15) is 0 Å². The van der Waals surface area contributed by atoms with Crippen molar-refractivity contribution in [3.05, 3.63) is 46.2 Å². The Labute approximate surface area is 136 Å². The van der Waals surface area contributed by atoms with Gasteiger partial charge in [-0.05, 0) is 48.7 Å². The normalized spacial score (nSPS) is 24.0. The van der Waals surface area contributed by atoms with E-state index in [4.69, 9.17) is 0 Å². The van der Waals surface area contributed by atoms with Crippen LogP contribution in [0.1, 0.15) is 31.2 Å². The summed E-state index contributed by atoms with van der Waals surface area (Å²) in [4.78, 5) is 14.8. The molecule has 0 amide bonds. The molecule has 4 rings (SSSR count). The molecule has 2 fully saturated rings. The Morgan fingerprint density at radius 2 is 2.04 bits per heavy atom. The number of hydrogen-bond acceptors (Lipinski definition) is 3. The fraction of sp³-hybridized carbons (Fsp3) is 0.526. The van der Waals surface area contributed by atoms with E-state index in [1.54, 1.807) is 4.57 Å². The number of nitrogens with zero attached hydrogens (tertiary/aromatic N) is 2. The molecule has 0 radical (unpaired) electrons. The van der Waals surface area contributed by atoms with Gasteiger partial charge in [-0.3, -0.25) is 9.69 Å². The highest BCUT2D eigenvalue weighted by Crippen LogP contribution is 2.49. The minimum Gasteiger partial charge on any atom is -0.391 e. The van der Waals surface area contributed by atoms with Gasteiger partial charge in [-0.25, -0.2) is 0 Å². The SMILES string of the molecule is Cn1c(=O)c(CN2CCC3(CCC3)C(O)C2)cc2ccccc21. The molecule has 1 aromatic heterocycles. The molecule has 1 aromatic carbocycles. The first kappa shape index (κ1) is 14.9. The Morgan fingerprint density at radius 1 is 1.26 bits per heavy atom. The first-order valence-electron chi connectivity index (χ1n) is 8.57. The van der Waals surface area contributed by atoms with Crippen molar-refractivity contribution in [2.75, 3.05) is 13.1 Å². The first-order valence-corrected chi connectivity index (χ1v) is 8.57. The number of aromatic nitrogens is 1. The highest BCUT2D eigenvalue weighted by molar-refractivity contribution is 5.79. The minimum absolute atomic E-state index is 0.0714. The van der Waals surface area contributed by atoms with Crippen LogP contribution in [0.4, 0.5) is 0 Å². The number of fused-ring (bicyclic) bond motifs is 1. The summed E-state index contributed by atoms with van der Waals surface area (Å²) >= 11 is 0. The van der Waals surface area contributed by atoms with Gasteiger partial charge >= 0.3 is 0 Å². The second kappa shape index (κ2) is 5.46. The van der Waals surface area contributed by atoms with Crippen LogP contribution < -0.4 is 5.56 Å². The summed E-state index contributed by atoms with van der Waals surface area (Å²) in [6, 6.07) is 10.00. The molecule has 23 heavy (non-hydrogen) atoms. The summed E-state index contributed by atoms with van der Waals surface area (Å²) in [5.74, 6) is 0. The lowest BCUT2D eigenvalue weighted by atomic mass is 9.61. The number of aryl methyl sites for hydroxylation is 1. The van der Waals surface area contributed by atoms with Crippen LogP contribution in [0.15, 0.2) is 35.1 Å². The third-order valence-corrected chi connectivity index (χ3v) is 6.01. The summed E-state index contributed by atoms with van der Waals surface area (Å²) < 4.78 is 1.73. The highest BCUT2D eigenvalue weighted by atomic mass is 16.3. The maximum Gasteiger partial charge on any atom is 0.255 e. The van der Waals surface area contributed by atoms with E-state index in [9.17, 15) is 9.90 Å². The van der Waals surface area contributed by atoms with Crippen LogP contribution in [0, 0.1) is 5.41 Å². The number of para-hydroxylation sites is 1. The smallest absolute Gasteiger partial charge is 0.255 e. The molecule has 2 aliphatic rings. The first-order chi connectivity index (χ1) is 11.1. The topological polar surface area (TPSA) is 45.5 Å². The Bertz CT molecular complexity index is 792. The molecule has 122 valence electrons. The lowest BCUT2D eigenvalue weighted by Gasteiger charge is -2.51. The van der Waals surface area contributed by atoms with Crippen LogP contribution in [0.3, 0.4) is 0 Å². The van der Waals surface area contributed by atoms with Crippen LogP contribution in [0.2, 0.25) is 0 Å². The molecule has 2 aromatic rings. The summed E-state index contributed by atoms with van der Waals surface area (Å²) in [6.45, 7) is 2.30. The van der Waals surface area contributed by atoms with Gasteiger partial charge < -0.3 is 9.67 Å². The molecule has 1 spiro atoms. The molecule has 2 heterocycles. The Hall–Kier alpha value is -1.65. The maximum atomic E-state index is 12.6. The number of benzene rings is 1. The monoisotopic (exact) mass is 312 g/mol. The lowest BCUT2D eigenvalue weighted by Crippen LogP contribution is -2.53. The van der Waals surface area contributed by atoms with Crippen LogP contribution in [0.25, 0.3) is 10.9 Å². The van der Waals surface area contributed by atoms with Crippen LogP contribution >= 0.6 is 0 Å². The average molecular weight is 312 g/mol. The second-order valence-electron chi connectivity index (χ2n) is 7.31. The van der Waals surface area contributed by atoms with Crippen LogP contribution in [-0.4, -0.2) is 33.8 Å². The molecule has 4 nitrogen and oxygen atoms in total. The number of pyridine rings is 1. The van der Waals surface area contributed by atoms with E-state index in [1.807, 2.05) is 37.4 Å². The molecule has 1 aliphatic heterocycles. The Kier molecular flexibility index (Phi) is 3.54. The van der Waals surface area contributed by atoms with Gasteiger partial charge in [0.05, 0.1) is 11.6 Å². The van der Waals surface area contributed by atoms with Crippen LogP contribution in [0.5, 0.6) is 0 Å². The van der Waals surface area contributed by atoms with Crippen LogP contribution in [-0.2, 0) is 13.6 Å². The maximum absolute atomic E-state index is 12.6. The van der Waals surface area contributed by atoms with Gasteiger partial charge in [0.1, 0.15) is 0 Å². The van der Waals surface area contributed by atoms with E-state index in [2.05, 4.69) is 4.90 Å². The average Bonchev–Trinajstić information content (AvgIpc) is 2.51. The molecular formula is C19H24N2O2. The van der Waals surface area contributed by atoms with Gasteiger partial charge in [-0.15, -0.1) is 0 Å². The number of hydrogen-bond donors (Lipinski definition) is 1. The number of β-amino-alcohol motifs (C(OH)–C–C–N with tert-alkyl or cyclic N) is 1. The molecule has 1 aliphatic carbocycles. The largest absolute Gasteiger partial charge is 0.391 e. The van der Waals surface area contributed by atoms with Gasteiger partial charge in [0.2, 0.25) is 0 Å². The molecule has 0 bridgehead atoms. The number of likely N-dealkylation sites (tertiary alicyclic amines) is 1. The molecule has 4 heteroatoms. The fourth-order valence-corrected chi connectivity index (χ4v) is 4.28. The van der Waals surface area contributed by atoms with Crippen molar-refractivity contribution in [3.8, 4) is 0 Å². The third-order valence-electron chi connectivity index (χ3n) is 6.01.